The minimum absolute atomic E-state index is 0.0155. The van der Waals surface area contributed by atoms with E-state index in [-0.39, 0.29) is 11.9 Å². The van der Waals surface area contributed by atoms with Gasteiger partial charge in [0, 0.05) is 32.2 Å². The lowest BCUT2D eigenvalue weighted by molar-refractivity contribution is -0.117. The minimum atomic E-state index is 0.0155. The number of hydrogen-bond acceptors (Lipinski definition) is 4. The van der Waals surface area contributed by atoms with Crippen molar-refractivity contribution in [1.29, 1.82) is 0 Å². The number of carbonyl (C=O) groups is 1. The van der Waals surface area contributed by atoms with Gasteiger partial charge in [-0.05, 0) is 26.0 Å². The number of benzene rings is 1. The molecule has 0 saturated carbocycles. The fourth-order valence-electron chi connectivity index (χ4n) is 2.91. The summed E-state index contributed by atoms with van der Waals surface area (Å²) in [5.74, 6) is 2.45. The van der Waals surface area contributed by atoms with Crippen LogP contribution in [0, 0.1) is 6.92 Å². The summed E-state index contributed by atoms with van der Waals surface area (Å²) in [5, 5.41) is 14.8. The van der Waals surface area contributed by atoms with Crippen LogP contribution in [0.15, 0.2) is 35.3 Å². The number of nitrogens with one attached hydrogen (secondary N) is 2. The van der Waals surface area contributed by atoms with E-state index in [4.69, 9.17) is 0 Å². The molecule has 26 heavy (non-hydrogen) atoms. The van der Waals surface area contributed by atoms with E-state index in [2.05, 4.69) is 25.8 Å². The molecule has 1 saturated heterocycles. The van der Waals surface area contributed by atoms with E-state index in [0.717, 1.165) is 23.9 Å². The van der Waals surface area contributed by atoms with Gasteiger partial charge in [-0.2, -0.15) is 0 Å². The zero-order chi connectivity index (χ0) is 18.5. The van der Waals surface area contributed by atoms with Crippen molar-refractivity contribution in [1.82, 2.24) is 25.4 Å². The highest BCUT2D eigenvalue weighted by Gasteiger charge is 2.31. The van der Waals surface area contributed by atoms with Crippen LogP contribution >= 0.6 is 0 Å². The van der Waals surface area contributed by atoms with E-state index in [1.54, 1.807) is 0 Å². The topological polar surface area (TPSA) is 87.4 Å². The van der Waals surface area contributed by atoms with Crippen molar-refractivity contribution in [2.75, 3.05) is 18.0 Å². The number of para-hydroxylation sites is 1. The molecule has 0 radical (unpaired) electrons. The molecule has 1 aliphatic heterocycles. The average molecular weight is 355 g/mol. The smallest absolute Gasteiger partial charge is 0.229 e. The normalized spacial score (nSPS) is 17.7. The first-order valence-corrected chi connectivity index (χ1v) is 8.83. The maximum Gasteiger partial charge on any atom is 0.229 e. The van der Waals surface area contributed by atoms with Crippen molar-refractivity contribution in [2.45, 2.75) is 32.9 Å². The number of anilines is 1. The van der Waals surface area contributed by atoms with Gasteiger partial charge in [0.05, 0.1) is 6.04 Å². The number of rotatable bonds is 5. The summed E-state index contributed by atoms with van der Waals surface area (Å²) in [6, 6.07) is 9.76. The van der Waals surface area contributed by atoms with Crippen LogP contribution in [0.1, 0.15) is 25.0 Å². The molecule has 1 unspecified atom stereocenters. The van der Waals surface area contributed by atoms with Gasteiger partial charge in [0.25, 0.3) is 0 Å². The van der Waals surface area contributed by atoms with E-state index < -0.39 is 0 Å². The van der Waals surface area contributed by atoms with Gasteiger partial charge in [0.2, 0.25) is 5.91 Å². The van der Waals surface area contributed by atoms with Gasteiger partial charge in [-0.15, -0.1) is 10.2 Å². The number of carbonyl (C=O) groups excluding carboxylic acids is 1. The molecule has 2 N–H and O–H groups in total. The molecule has 3 rings (SSSR count). The van der Waals surface area contributed by atoms with Crippen LogP contribution in [-0.4, -0.2) is 45.8 Å². The van der Waals surface area contributed by atoms with Gasteiger partial charge >= 0.3 is 0 Å². The standard InChI is InChI=1S/C18H25N7O/c1-4-19-18(20-11-16-23-22-13(2)24(16)3)21-14-10-17(26)25(12-14)15-8-6-5-7-9-15/h5-9,14H,4,10-12H2,1-3H3,(H2,19,20,21). The van der Waals surface area contributed by atoms with Crippen LogP contribution < -0.4 is 15.5 Å². The van der Waals surface area contributed by atoms with Gasteiger partial charge in [-0.25, -0.2) is 4.99 Å². The van der Waals surface area contributed by atoms with Gasteiger partial charge in [-0.1, -0.05) is 18.2 Å². The zero-order valence-corrected chi connectivity index (χ0v) is 15.4. The summed E-state index contributed by atoms with van der Waals surface area (Å²) in [7, 11) is 1.92. The maximum atomic E-state index is 12.4. The Labute approximate surface area is 153 Å². The Morgan fingerprint density at radius 3 is 2.73 bits per heavy atom. The third kappa shape index (κ3) is 4.01. The highest BCUT2D eigenvalue weighted by molar-refractivity contribution is 5.97. The lowest BCUT2D eigenvalue weighted by Gasteiger charge is -2.19. The quantitative estimate of drug-likeness (QED) is 0.617. The zero-order valence-electron chi connectivity index (χ0n) is 15.4. The Kier molecular flexibility index (Phi) is 5.50. The van der Waals surface area contributed by atoms with Crippen molar-refractivity contribution in [3.05, 3.63) is 42.0 Å². The fourth-order valence-corrected chi connectivity index (χ4v) is 2.91. The second-order valence-electron chi connectivity index (χ2n) is 6.30. The van der Waals surface area contributed by atoms with E-state index in [0.29, 0.717) is 25.5 Å². The molecule has 1 aromatic heterocycles. The number of amides is 1. The van der Waals surface area contributed by atoms with Crippen LogP contribution in [0.4, 0.5) is 5.69 Å². The van der Waals surface area contributed by atoms with Crippen molar-refractivity contribution < 1.29 is 4.79 Å². The monoisotopic (exact) mass is 355 g/mol. The molecule has 0 aliphatic carbocycles. The number of aryl methyl sites for hydroxylation is 1. The lowest BCUT2D eigenvalue weighted by atomic mass is 10.2. The second-order valence-corrected chi connectivity index (χ2v) is 6.30. The number of aliphatic imine (C=N–C) groups is 1. The molecular weight excluding hydrogens is 330 g/mol. The van der Waals surface area contributed by atoms with Crippen LogP contribution in [-0.2, 0) is 18.4 Å². The van der Waals surface area contributed by atoms with Gasteiger partial charge in [0.1, 0.15) is 12.4 Å². The molecule has 1 atom stereocenters. The molecule has 0 bridgehead atoms. The van der Waals surface area contributed by atoms with Crippen LogP contribution in [0.25, 0.3) is 0 Å². The molecule has 1 amide bonds. The van der Waals surface area contributed by atoms with Crippen LogP contribution in [0.2, 0.25) is 0 Å². The van der Waals surface area contributed by atoms with Crippen molar-refractivity contribution in [3.63, 3.8) is 0 Å². The van der Waals surface area contributed by atoms with Crippen LogP contribution in [0.3, 0.4) is 0 Å². The molecule has 1 aliphatic rings. The average Bonchev–Trinajstić information content (AvgIpc) is 3.16. The summed E-state index contributed by atoms with van der Waals surface area (Å²) in [6.45, 7) is 5.71. The van der Waals surface area contributed by atoms with Gasteiger partial charge in [0.15, 0.2) is 11.8 Å². The SMILES string of the molecule is CCNC(=NCc1nnc(C)n1C)NC1CC(=O)N(c2ccccc2)C1. The summed E-state index contributed by atoms with van der Waals surface area (Å²) >= 11 is 0. The van der Waals surface area contributed by atoms with E-state index in [1.165, 1.54) is 0 Å². The molecular formula is C18H25N7O. The fraction of sp³-hybridized carbons (Fsp3) is 0.444. The van der Waals surface area contributed by atoms with Crippen molar-refractivity contribution in [3.8, 4) is 0 Å². The largest absolute Gasteiger partial charge is 0.357 e. The highest BCUT2D eigenvalue weighted by atomic mass is 16.2. The Hall–Kier alpha value is -2.90. The molecule has 2 heterocycles. The number of hydrogen-bond donors (Lipinski definition) is 2. The first-order valence-electron chi connectivity index (χ1n) is 8.83. The predicted octanol–water partition coefficient (Wildman–Crippen LogP) is 0.984. The van der Waals surface area contributed by atoms with Crippen LogP contribution in [0.5, 0.6) is 0 Å². The Morgan fingerprint density at radius 2 is 2.08 bits per heavy atom. The van der Waals surface area contributed by atoms with E-state index in [1.807, 2.05) is 60.7 Å². The minimum Gasteiger partial charge on any atom is -0.357 e. The number of nitrogens with zero attached hydrogens (tertiary/aromatic N) is 5. The van der Waals surface area contributed by atoms with Crippen molar-refractivity contribution in [2.24, 2.45) is 12.0 Å². The molecule has 8 nitrogen and oxygen atoms in total. The Morgan fingerprint density at radius 1 is 1.31 bits per heavy atom. The Bertz CT molecular complexity index is 784. The van der Waals surface area contributed by atoms with E-state index >= 15 is 0 Å². The van der Waals surface area contributed by atoms with Gasteiger partial charge < -0.3 is 20.1 Å². The third-order valence-corrected chi connectivity index (χ3v) is 4.44. The first-order chi connectivity index (χ1) is 12.6. The third-order valence-electron chi connectivity index (χ3n) is 4.44. The summed E-state index contributed by atoms with van der Waals surface area (Å²) in [4.78, 5) is 18.8. The number of aromatic nitrogens is 3. The summed E-state index contributed by atoms with van der Waals surface area (Å²) < 4.78 is 1.92. The first kappa shape index (κ1) is 17.9. The molecule has 8 heteroatoms. The molecule has 138 valence electrons. The summed E-state index contributed by atoms with van der Waals surface area (Å²) in [5.41, 5.74) is 0.929. The van der Waals surface area contributed by atoms with Gasteiger partial charge in [-0.3, -0.25) is 4.79 Å². The molecule has 2 aromatic rings. The number of guanidine groups is 1. The lowest BCUT2D eigenvalue weighted by Crippen LogP contribution is -2.44. The summed E-state index contributed by atoms with van der Waals surface area (Å²) in [6.07, 6.45) is 0.447. The maximum absolute atomic E-state index is 12.4. The molecule has 0 spiro atoms. The van der Waals surface area contributed by atoms with Crippen molar-refractivity contribution >= 4 is 17.6 Å². The van der Waals surface area contributed by atoms with E-state index in [9.17, 15) is 4.79 Å². The highest BCUT2D eigenvalue weighted by Crippen LogP contribution is 2.20. The molecule has 1 aromatic carbocycles. The second kappa shape index (κ2) is 7.99. The Balaban J connectivity index is 1.65. The predicted molar refractivity (Wildman–Crippen MR) is 101 cm³/mol. The molecule has 1 fully saturated rings.